The Morgan fingerprint density at radius 2 is 1.30 bits per heavy atom. The molecule has 0 saturated heterocycles. The Balaban J connectivity index is 0.00000100. The number of anilines is 1. The molecule has 1 unspecified atom stereocenters. The Morgan fingerprint density at radius 3 is 1.84 bits per heavy atom. The second-order valence-corrected chi connectivity index (χ2v) is 7.73. The highest BCUT2D eigenvalue weighted by molar-refractivity contribution is 5.85. The highest BCUT2D eigenvalue weighted by atomic mass is 35.5. The number of carbonyl (C=O) groups is 2. The Kier molecular flexibility index (Phi) is 18.7. The van der Waals surface area contributed by atoms with Gasteiger partial charge in [0.1, 0.15) is 5.75 Å². The van der Waals surface area contributed by atoms with Crippen LogP contribution in [0, 0.1) is 0 Å². The fourth-order valence-electron chi connectivity index (χ4n) is 3.13. The Hall–Kier alpha value is -2.81. The molecule has 2 N–H and O–H groups in total. The first-order valence-corrected chi connectivity index (χ1v) is 12.5. The normalized spacial score (nSPS) is 11.7. The van der Waals surface area contributed by atoms with Gasteiger partial charge in [-0.05, 0) is 70.0 Å². The topological polar surface area (TPSA) is 106 Å². The highest BCUT2D eigenvalue weighted by Gasteiger charge is 2.20. The van der Waals surface area contributed by atoms with E-state index in [9.17, 15) is 9.59 Å². The molecule has 0 saturated carbocycles. The van der Waals surface area contributed by atoms with Gasteiger partial charge in [0.05, 0.1) is 19.8 Å². The molecule has 208 valence electrons. The molecule has 2 aromatic rings. The van der Waals surface area contributed by atoms with Crippen molar-refractivity contribution in [2.45, 2.75) is 59.7 Å². The minimum absolute atomic E-state index is 0. The maximum absolute atomic E-state index is 11.9. The Morgan fingerprint density at radius 1 is 0.757 bits per heavy atom. The lowest BCUT2D eigenvalue weighted by Gasteiger charge is -2.15. The molecular weight excluding hydrogens is 498 g/mol. The molecule has 0 amide bonds. The van der Waals surface area contributed by atoms with Gasteiger partial charge in [-0.15, -0.1) is 12.4 Å². The number of hydrogen-bond acceptors (Lipinski definition) is 8. The summed E-state index contributed by atoms with van der Waals surface area (Å²) in [6.07, 6.45) is 0.303. The van der Waals surface area contributed by atoms with Gasteiger partial charge in [0, 0.05) is 31.7 Å². The van der Waals surface area contributed by atoms with E-state index in [4.69, 9.17) is 29.4 Å². The van der Waals surface area contributed by atoms with Crippen LogP contribution in [-0.4, -0.2) is 57.2 Å². The third-order valence-electron chi connectivity index (χ3n) is 4.94. The van der Waals surface area contributed by atoms with E-state index in [2.05, 4.69) is 0 Å². The van der Waals surface area contributed by atoms with Crippen LogP contribution in [0.25, 0.3) is 0 Å². The molecule has 2 rings (SSSR count). The summed E-state index contributed by atoms with van der Waals surface area (Å²) in [5.41, 5.74) is 8.63. The summed E-state index contributed by atoms with van der Waals surface area (Å²) >= 11 is 0. The average Bonchev–Trinajstić information content (AvgIpc) is 2.87. The zero-order valence-electron chi connectivity index (χ0n) is 22.6. The molecule has 0 bridgehead atoms. The monoisotopic (exact) mass is 539 g/mol. The number of carbonyl (C=O) groups excluding carboxylic acids is 2. The first-order valence-electron chi connectivity index (χ1n) is 12.5. The minimum Gasteiger partial charge on any atom is -0.493 e. The van der Waals surface area contributed by atoms with Crippen molar-refractivity contribution >= 4 is 30.0 Å². The number of rotatable bonds is 14. The van der Waals surface area contributed by atoms with E-state index in [0.29, 0.717) is 39.5 Å². The van der Waals surface area contributed by atoms with Crippen LogP contribution in [0.2, 0.25) is 0 Å². The van der Waals surface area contributed by atoms with Crippen molar-refractivity contribution in [2.24, 2.45) is 0 Å². The third kappa shape index (κ3) is 14.5. The summed E-state index contributed by atoms with van der Waals surface area (Å²) in [7, 11) is 0. The number of halogens is 1. The predicted molar refractivity (Wildman–Crippen MR) is 147 cm³/mol. The van der Waals surface area contributed by atoms with Gasteiger partial charge in [-0.25, -0.2) is 9.59 Å². The van der Waals surface area contributed by atoms with Gasteiger partial charge in [-0.3, -0.25) is 0 Å². The van der Waals surface area contributed by atoms with E-state index >= 15 is 0 Å². The molecule has 0 aromatic heterocycles. The van der Waals surface area contributed by atoms with Gasteiger partial charge in [0.15, 0.2) is 12.2 Å². The number of benzene rings is 2. The van der Waals surface area contributed by atoms with Gasteiger partial charge < -0.3 is 29.4 Å². The summed E-state index contributed by atoms with van der Waals surface area (Å²) in [6, 6.07) is 15.5. The molecule has 8 nitrogen and oxygen atoms in total. The van der Waals surface area contributed by atoms with E-state index < -0.39 is 12.2 Å². The molecule has 0 aliphatic rings. The molecular formula is C28H42ClNO7. The van der Waals surface area contributed by atoms with E-state index in [1.807, 2.05) is 62.4 Å². The quantitative estimate of drug-likeness (QED) is 0.269. The number of hydrogen-bond donors (Lipinski definition) is 1. The number of ether oxygens (including phenoxy) is 5. The van der Waals surface area contributed by atoms with Crippen molar-refractivity contribution in [3.8, 4) is 5.75 Å². The molecule has 0 aliphatic carbocycles. The largest absolute Gasteiger partial charge is 0.493 e. The summed E-state index contributed by atoms with van der Waals surface area (Å²) in [5.74, 6) is 0.191. The Labute approximate surface area is 227 Å². The van der Waals surface area contributed by atoms with Gasteiger partial charge in [-0.1, -0.05) is 24.3 Å². The molecule has 0 spiro atoms. The Bertz CT molecular complexity index is 875. The molecule has 2 atom stereocenters. The van der Waals surface area contributed by atoms with Crippen LogP contribution < -0.4 is 10.5 Å². The maximum atomic E-state index is 11.9. The SMILES string of the molecule is CCOC(=O)C(C)OCC.CCOC(=O)[C@H](Cc1ccc(OCCc2ccc(N)cc2)cc1)OCC.Cl. The highest BCUT2D eigenvalue weighted by Crippen LogP contribution is 2.16. The number of nitrogens with two attached hydrogens (primary N) is 1. The van der Waals surface area contributed by atoms with E-state index in [1.165, 1.54) is 5.56 Å². The van der Waals surface area contributed by atoms with Crippen molar-refractivity contribution in [1.82, 2.24) is 0 Å². The lowest BCUT2D eigenvalue weighted by atomic mass is 10.1. The zero-order chi connectivity index (χ0) is 26.8. The first kappa shape index (κ1) is 34.2. The van der Waals surface area contributed by atoms with Crippen molar-refractivity contribution in [3.05, 3.63) is 59.7 Å². The molecule has 0 aliphatic heterocycles. The van der Waals surface area contributed by atoms with E-state index in [0.717, 1.165) is 23.4 Å². The second kappa shape index (κ2) is 20.3. The average molecular weight is 540 g/mol. The molecule has 0 heterocycles. The van der Waals surface area contributed by atoms with Crippen molar-refractivity contribution in [2.75, 3.05) is 38.8 Å². The van der Waals surface area contributed by atoms with Crippen molar-refractivity contribution in [3.63, 3.8) is 0 Å². The predicted octanol–water partition coefficient (Wildman–Crippen LogP) is 4.80. The van der Waals surface area contributed by atoms with Gasteiger partial charge in [0.25, 0.3) is 0 Å². The van der Waals surface area contributed by atoms with Crippen LogP contribution in [-0.2, 0) is 41.4 Å². The van der Waals surface area contributed by atoms with Gasteiger partial charge in [0.2, 0.25) is 0 Å². The third-order valence-corrected chi connectivity index (χ3v) is 4.94. The van der Waals surface area contributed by atoms with E-state index in [-0.39, 0.29) is 24.3 Å². The van der Waals surface area contributed by atoms with Crippen LogP contribution in [0.3, 0.4) is 0 Å². The van der Waals surface area contributed by atoms with Crippen molar-refractivity contribution in [1.29, 1.82) is 0 Å². The molecule has 2 aromatic carbocycles. The molecule has 9 heteroatoms. The fourth-order valence-corrected chi connectivity index (χ4v) is 3.13. The lowest BCUT2D eigenvalue weighted by Crippen LogP contribution is -2.28. The van der Waals surface area contributed by atoms with Gasteiger partial charge >= 0.3 is 11.9 Å². The fraction of sp³-hybridized carbons (Fsp3) is 0.500. The zero-order valence-corrected chi connectivity index (χ0v) is 23.4. The standard InChI is InChI=1S/C21H27NO4.C7H14O3.ClH/c1-3-24-20(21(23)25-4-2)15-17-7-11-19(12-8-17)26-14-13-16-5-9-18(22)10-6-16;1-4-9-6(3)7(8)10-5-2;/h5-12,20H,3-4,13-15,22H2,1-2H3;6H,4-5H2,1-3H3;1H/t20-;;/m0../s1. The smallest absolute Gasteiger partial charge is 0.335 e. The lowest BCUT2D eigenvalue weighted by molar-refractivity contribution is -0.156. The van der Waals surface area contributed by atoms with Crippen LogP contribution >= 0.6 is 12.4 Å². The summed E-state index contributed by atoms with van der Waals surface area (Å²) in [6.45, 7) is 11.3. The molecule has 37 heavy (non-hydrogen) atoms. The molecule has 0 fully saturated rings. The summed E-state index contributed by atoms with van der Waals surface area (Å²) in [4.78, 5) is 22.7. The minimum atomic E-state index is -0.572. The first-order chi connectivity index (χ1) is 17.3. The van der Waals surface area contributed by atoms with Gasteiger partial charge in [-0.2, -0.15) is 0 Å². The number of nitrogen functional groups attached to an aromatic ring is 1. The molecule has 0 radical (unpaired) electrons. The summed E-state index contributed by atoms with van der Waals surface area (Å²) < 4.78 is 26.0. The second-order valence-electron chi connectivity index (χ2n) is 7.73. The maximum Gasteiger partial charge on any atom is 0.335 e. The van der Waals surface area contributed by atoms with Crippen LogP contribution in [0.15, 0.2) is 48.5 Å². The van der Waals surface area contributed by atoms with Crippen LogP contribution in [0.1, 0.15) is 45.7 Å². The van der Waals surface area contributed by atoms with Crippen LogP contribution in [0.4, 0.5) is 5.69 Å². The van der Waals surface area contributed by atoms with Crippen molar-refractivity contribution < 1.29 is 33.3 Å². The van der Waals surface area contributed by atoms with E-state index in [1.54, 1.807) is 20.8 Å². The number of esters is 2. The summed E-state index contributed by atoms with van der Waals surface area (Å²) in [5, 5.41) is 0. The van der Waals surface area contributed by atoms with Crippen LogP contribution in [0.5, 0.6) is 5.75 Å².